The Morgan fingerprint density at radius 2 is 1.90 bits per heavy atom. The number of aromatic nitrogens is 4. The van der Waals surface area contributed by atoms with E-state index < -0.39 is 0 Å². The van der Waals surface area contributed by atoms with Gasteiger partial charge in [-0.15, -0.1) is 0 Å². The van der Waals surface area contributed by atoms with Crippen LogP contribution < -0.4 is 5.32 Å². The predicted molar refractivity (Wildman–Crippen MR) is 107 cm³/mol. The van der Waals surface area contributed by atoms with Crippen LogP contribution in [0.4, 0.5) is 10.2 Å². The van der Waals surface area contributed by atoms with E-state index in [1.807, 2.05) is 31.5 Å². The van der Waals surface area contributed by atoms with Gasteiger partial charge in [-0.2, -0.15) is 5.10 Å². The van der Waals surface area contributed by atoms with Gasteiger partial charge in [0, 0.05) is 23.4 Å². The Morgan fingerprint density at radius 3 is 2.55 bits per heavy atom. The number of anilines is 1. The molecule has 0 atom stereocenters. The van der Waals surface area contributed by atoms with Crippen LogP contribution in [0.2, 0.25) is 0 Å². The second-order valence-corrected chi connectivity index (χ2v) is 7.17. The van der Waals surface area contributed by atoms with E-state index in [1.165, 1.54) is 12.1 Å². The lowest BCUT2D eigenvalue weighted by Gasteiger charge is -2.08. The minimum Gasteiger partial charge on any atom is -0.335 e. The van der Waals surface area contributed by atoms with Crippen LogP contribution in [0.15, 0.2) is 40.9 Å². The average molecular weight is 393 g/mol. The van der Waals surface area contributed by atoms with Crippen LogP contribution in [0.3, 0.4) is 0 Å². The van der Waals surface area contributed by atoms with Gasteiger partial charge in [-0.05, 0) is 58.0 Å². The normalized spacial score (nSPS) is 11.4. The Labute approximate surface area is 166 Å². The Bertz CT molecular complexity index is 1210. The number of rotatable bonds is 4. The first-order chi connectivity index (χ1) is 13.8. The molecule has 0 saturated heterocycles. The number of hydrogen-bond donors (Lipinski definition) is 1. The summed E-state index contributed by atoms with van der Waals surface area (Å²) >= 11 is 0. The fourth-order valence-corrected chi connectivity index (χ4v) is 3.30. The number of aryl methyl sites for hydroxylation is 2. The van der Waals surface area contributed by atoms with E-state index in [2.05, 4.69) is 20.6 Å². The van der Waals surface area contributed by atoms with Crippen LogP contribution in [-0.2, 0) is 0 Å². The van der Waals surface area contributed by atoms with Crippen molar-refractivity contribution in [2.45, 2.75) is 33.7 Å². The highest BCUT2D eigenvalue weighted by atomic mass is 19.1. The lowest BCUT2D eigenvalue weighted by Crippen LogP contribution is -2.14. The highest BCUT2D eigenvalue weighted by Gasteiger charge is 2.20. The quantitative estimate of drug-likeness (QED) is 0.544. The molecule has 7 nitrogen and oxygen atoms in total. The fourth-order valence-electron chi connectivity index (χ4n) is 3.30. The molecule has 0 spiro atoms. The van der Waals surface area contributed by atoms with Crippen LogP contribution in [0.5, 0.6) is 0 Å². The van der Waals surface area contributed by atoms with Crippen molar-refractivity contribution in [2.24, 2.45) is 0 Å². The van der Waals surface area contributed by atoms with E-state index >= 15 is 0 Å². The zero-order chi connectivity index (χ0) is 20.7. The highest BCUT2D eigenvalue weighted by Crippen LogP contribution is 2.28. The third kappa shape index (κ3) is 3.49. The lowest BCUT2D eigenvalue weighted by molar-refractivity contribution is 0.102. The number of carbonyl (C=O) groups excluding carboxylic acids is 1. The molecule has 0 aliphatic carbocycles. The van der Waals surface area contributed by atoms with Gasteiger partial charge in [0.25, 0.3) is 11.6 Å². The van der Waals surface area contributed by atoms with Crippen LogP contribution in [0, 0.1) is 19.7 Å². The lowest BCUT2D eigenvalue weighted by atomic mass is 10.1. The molecule has 0 saturated carbocycles. The fraction of sp³-hybridized carbons (Fsp3) is 0.238. The van der Waals surface area contributed by atoms with E-state index in [4.69, 9.17) is 4.52 Å². The van der Waals surface area contributed by atoms with Gasteiger partial charge >= 0.3 is 0 Å². The zero-order valence-electron chi connectivity index (χ0n) is 16.5. The molecule has 3 aromatic heterocycles. The average Bonchev–Trinajstić information content (AvgIpc) is 3.24. The summed E-state index contributed by atoms with van der Waals surface area (Å²) in [6.45, 7) is 7.73. The van der Waals surface area contributed by atoms with Gasteiger partial charge in [0.1, 0.15) is 5.82 Å². The number of hydrogen-bond acceptors (Lipinski definition) is 5. The number of pyridine rings is 1. The second-order valence-electron chi connectivity index (χ2n) is 7.17. The summed E-state index contributed by atoms with van der Waals surface area (Å²) in [4.78, 5) is 17.5. The molecule has 148 valence electrons. The number of benzene rings is 1. The maximum Gasteiger partial charge on any atom is 0.259 e. The molecule has 0 radical (unpaired) electrons. The monoisotopic (exact) mass is 393 g/mol. The van der Waals surface area contributed by atoms with Crippen molar-refractivity contribution in [3.05, 3.63) is 59.2 Å². The van der Waals surface area contributed by atoms with E-state index in [9.17, 15) is 9.18 Å². The molecule has 0 aliphatic heterocycles. The van der Waals surface area contributed by atoms with E-state index in [0.29, 0.717) is 33.7 Å². The van der Waals surface area contributed by atoms with Crippen molar-refractivity contribution in [1.82, 2.24) is 19.9 Å². The topological polar surface area (TPSA) is 85.8 Å². The number of halogens is 1. The summed E-state index contributed by atoms with van der Waals surface area (Å²) in [5, 5.41) is 11.8. The summed E-state index contributed by atoms with van der Waals surface area (Å²) < 4.78 is 20.4. The Hall–Kier alpha value is -3.55. The molecular weight excluding hydrogens is 373 g/mol. The molecule has 3 heterocycles. The van der Waals surface area contributed by atoms with Gasteiger partial charge in [0.15, 0.2) is 5.82 Å². The first kappa shape index (κ1) is 18.8. The maximum atomic E-state index is 13.3. The largest absolute Gasteiger partial charge is 0.335 e. The molecule has 8 heteroatoms. The van der Waals surface area contributed by atoms with Crippen molar-refractivity contribution in [2.75, 3.05) is 5.32 Å². The van der Waals surface area contributed by atoms with Crippen molar-refractivity contribution < 1.29 is 13.7 Å². The van der Waals surface area contributed by atoms with Crippen LogP contribution in [0.1, 0.15) is 41.6 Å². The summed E-state index contributed by atoms with van der Waals surface area (Å²) in [5.41, 5.74) is 3.28. The third-order valence-electron chi connectivity index (χ3n) is 4.65. The third-order valence-corrected chi connectivity index (χ3v) is 4.65. The minimum absolute atomic E-state index is 0.179. The molecule has 1 aromatic carbocycles. The van der Waals surface area contributed by atoms with Gasteiger partial charge in [0.2, 0.25) is 0 Å². The molecule has 0 aliphatic rings. The van der Waals surface area contributed by atoms with E-state index in [0.717, 1.165) is 5.69 Å². The van der Waals surface area contributed by atoms with Crippen LogP contribution >= 0.6 is 0 Å². The Balaban J connectivity index is 1.77. The second kappa shape index (κ2) is 7.12. The summed E-state index contributed by atoms with van der Waals surface area (Å²) in [6.07, 6.45) is 0. The Kier molecular flexibility index (Phi) is 4.62. The first-order valence-electron chi connectivity index (χ1n) is 9.24. The van der Waals surface area contributed by atoms with Gasteiger partial charge in [0.05, 0.1) is 22.3 Å². The molecule has 0 fully saturated rings. The number of carbonyl (C=O) groups is 1. The minimum atomic E-state index is -0.348. The molecule has 4 aromatic rings. The standard InChI is InChI=1S/C21H20FN5O2/c1-11(2)27-12(3)9-18(25-27)24-20(28)16-10-17(14-5-7-15(22)8-6-14)23-21-19(16)13(4)26-29-21/h5-11H,1-4H3,(H,24,25,28). The molecule has 0 unspecified atom stereocenters. The van der Waals surface area contributed by atoms with Crippen molar-refractivity contribution in [1.29, 1.82) is 0 Å². The van der Waals surface area contributed by atoms with Crippen molar-refractivity contribution >= 4 is 22.8 Å². The van der Waals surface area contributed by atoms with Crippen molar-refractivity contribution in [3.8, 4) is 11.3 Å². The summed E-state index contributed by atoms with van der Waals surface area (Å²) in [7, 11) is 0. The van der Waals surface area contributed by atoms with Crippen molar-refractivity contribution in [3.63, 3.8) is 0 Å². The van der Waals surface area contributed by atoms with Gasteiger partial charge in [-0.25, -0.2) is 9.37 Å². The van der Waals surface area contributed by atoms with Gasteiger partial charge < -0.3 is 9.84 Å². The van der Waals surface area contributed by atoms with Gasteiger partial charge in [-0.1, -0.05) is 5.16 Å². The molecular formula is C21H20FN5O2. The summed E-state index contributed by atoms with van der Waals surface area (Å²) in [5.74, 6) is -0.233. The summed E-state index contributed by atoms with van der Waals surface area (Å²) in [6, 6.07) is 9.53. The molecule has 1 amide bonds. The van der Waals surface area contributed by atoms with Gasteiger partial charge in [-0.3, -0.25) is 9.48 Å². The number of nitrogens with one attached hydrogen (secondary N) is 1. The zero-order valence-corrected chi connectivity index (χ0v) is 16.5. The predicted octanol–water partition coefficient (Wildman–Crippen LogP) is 4.68. The smallest absolute Gasteiger partial charge is 0.259 e. The first-order valence-corrected chi connectivity index (χ1v) is 9.24. The molecule has 0 bridgehead atoms. The molecule has 1 N–H and O–H groups in total. The molecule has 29 heavy (non-hydrogen) atoms. The SMILES string of the molecule is Cc1noc2nc(-c3ccc(F)cc3)cc(C(=O)Nc3cc(C)n(C(C)C)n3)c12. The molecule has 4 rings (SSSR count). The van der Waals surface area contributed by atoms with Crippen LogP contribution in [0.25, 0.3) is 22.4 Å². The van der Waals surface area contributed by atoms with E-state index in [-0.39, 0.29) is 23.5 Å². The highest BCUT2D eigenvalue weighted by molar-refractivity contribution is 6.12. The number of nitrogens with zero attached hydrogens (tertiary/aromatic N) is 4. The van der Waals surface area contributed by atoms with E-state index in [1.54, 1.807) is 25.1 Å². The van der Waals surface area contributed by atoms with Crippen LogP contribution in [-0.4, -0.2) is 25.8 Å². The number of fused-ring (bicyclic) bond motifs is 1. The number of amides is 1. The maximum absolute atomic E-state index is 13.3. The Morgan fingerprint density at radius 1 is 1.17 bits per heavy atom.